The number of benzene rings is 1. The van der Waals surface area contributed by atoms with Crippen LogP contribution in [0.2, 0.25) is 0 Å². The minimum absolute atomic E-state index is 0.270. The molecule has 1 heterocycles. The fraction of sp³-hybridized carbons (Fsp3) is 0.385. The lowest BCUT2D eigenvalue weighted by molar-refractivity contribution is -0.134. The third-order valence-electron chi connectivity index (χ3n) is 3.21. The van der Waals surface area contributed by atoms with Gasteiger partial charge in [-0.2, -0.15) is 0 Å². The molecule has 19 heavy (non-hydrogen) atoms. The largest absolute Gasteiger partial charge is 0.360 e. The molecule has 1 N–H and O–H groups in total. The lowest BCUT2D eigenvalue weighted by Gasteiger charge is -2.31. The average Bonchev–Trinajstić information content (AvgIpc) is 2.38. The molecule has 4 nitrogen and oxygen atoms in total. The van der Waals surface area contributed by atoms with Gasteiger partial charge < -0.3 is 4.90 Å². The summed E-state index contributed by atoms with van der Waals surface area (Å²) in [7, 11) is 1.67. The summed E-state index contributed by atoms with van der Waals surface area (Å²) >= 11 is 1.51. The predicted octanol–water partition coefficient (Wildman–Crippen LogP) is 1.79. The van der Waals surface area contributed by atoms with Crippen molar-refractivity contribution in [2.24, 2.45) is 0 Å². The van der Waals surface area contributed by atoms with Crippen LogP contribution in [0.15, 0.2) is 23.1 Å². The van der Waals surface area contributed by atoms with Crippen molar-refractivity contribution in [1.82, 2.24) is 5.32 Å². The number of nitrogens with one attached hydrogen (secondary N) is 1. The number of likely N-dealkylation sites (N-methyl/N-ethyl adjacent to an activating group) is 1. The Hall–Kier alpha value is -1.56. The molecule has 1 unspecified atom stereocenters. The summed E-state index contributed by atoms with van der Waals surface area (Å²) in [4.78, 5) is 25.4. The van der Waals surface area contributed by atoms with E-state index in [2.05, 4.69) is 5.32 Å². The molecular weight excluding hydrogens is 267 g/mol. The number of thioether (sulfide) groups is 1. The molecule has 0 bridgehead atoms. The summed E-state index contributed by atoms with van der Waals surface area (Å²) < 4.78 is 13.9. The quantitative estimate of drug-likeness (QED) is 0.678. The molecule has 1 aliphatic heterocycles. The number of imide groups is 1. The first-order valence-corrected chi connectivity index (χ1v) is 7.15. The Morgan fingerprint density at radius 1 is 1.42 bits per heavy atom. The maximum Gasteiger partial charge on any atom is 0.249 e. The molecule has 1 saturated heterocycles. The minimum atomic E-state index is -0.510. The fourth-order valence-corrected chi connectivity index (χ4v) is 2.54. The second-order valence-corrected chi connectivity index (χ2v) is 5.27. The van der Waals surface area contributed by atoms with Crippen molar-refractivity contribution in [3.05, 3.63) is 24.0 Å². The number of hydrogen-bond donors (Lipinski definition) is 1. The highest BCUT2D eigenvalue weighted by atomic mass is 32.2. The summed E-state index contributed by atoms with van der Waals surface area (Å²) in [6.07, 6.45) is 2.59. The molecule has 0 aromatic heterocycles. The van der Waals surface area contributed by atoms with Crippen molar-refractivity contribution in [2.75, 3.05) is 18.2 Å². The standard InChI is InChI=1S/C13H15FN2O2S/c1-16(10-5-6-12(17)15-13(10)18)11-7-8(19-2)3-4-9(11)14/h3-4,7,10H,5-6H2,1-2H3,(H,15,17,18). The van der Waals surface area contributed by atoms with Crippen LogP contribution >= 0.6 is 11.8 Å². The van der Waals surface area contributed by atoms with E-state index < -0.39 is 6.04 Å². The molecule has 6 heteroatoms. The summed E-state index contributed by atoms with van der Waals surface area (Å²) in [5, 5.41) is 2.28. The minimum Gasteiger partial charge on any atom is -0.360 e. The number of hydrogen-bond acceptors (Lipinski definition) is 4. The summed E-state index contributed by atoms with van der Waals surface area (Å²) in [5.74, 6) is -1.01. The molecule has 2 amide bonds. The Bertz CT molecular complexity index is 521. The van der Waals surface area contributed by atoms with Gasteiger partial charge in [-0.1, -0.05) is 0 Å². The van der Waals surface area contributed by atoms with Gasteiger partial charge in [-0.3, -0.25) is 14.9 Å². The topological polar surface area (TPSA) is 49.4 Å². The Kier molecular flexibility index (Phi) is 4.09. The zero-order chi connectivity index (χ0) is 14.0. The number of nitrogens with zero attached hydrogens (tertiary/aromatic N) is 1. The van der Waals surface area contributed by atoms with E-state index in [1.165, 1.54) is 17.8 Å². The monoisotopic (exact) mass is 282 g/mol. The first-order chi connectivity index (χ1) is 9.02. The molecule has 1 atom stereocenters. The predicted molar refractivity (Wildman–Crippen MR) is 72.8 cm³/mol. The number of anilines is 1. The Labute approximate surface area is 115 Å². The summed E-state index contributed by atoms with van der Waals surface area (Å²) in [5.41, 5.74) is 0.376. The lowest BCUT2D eigenvalue weighted by Crippen LogP contribution is -2.51. The molecule has 0 spiro atoms. The van der Waals surface area contributed by atoms with Crippen molar-refractivity contribution < 1.29 is 14.0 Å². The van der Waals surface area contributed by atoms with E-state index in [0.717, 1.165) is 4.90 Å². The van der Waals surface area contributed by atoms with Crippen LogP contribution in [0.4, 0.5) is 10.1 Å². The zero-order valence-corrected chi connectivity index (χ0v) is 11.6. The van der Waals surface area contributed by atoms with Crippen molar-refractivity contribution >= 4 is 29.3 Å². The Morgan fingerprint density at radius 2 is 2.16 bits per heavy atom. The lowest BCUT2D eigenvalue weighted by atomic mass is 10.0. The molecule has 1 fully saturated rings. The normalized spacial score (nSPS) is 19.2. The average molecular weight is 282 g/mol. The van der Waals surface area contributed by atoms with Crippen LogP contribution in [-0.4, -0.2) is 31.2 Å². The number of rotatable bonds is 3. The molecule has 102 valence electrons. The van der Waals surface area contributed by atoms with Crippen LogP contribution in [0, 0.1) is 5.82 Å². The van der Waals surface area contributed by atoms with Gasteiger partial charge in [0.1, 0.15) is 11.9 Å². The Balaban J connectivity index is 2.26. The maximum atomic E-state index is 13.9. The summed E-state index contributed by atoms with van der Waals surface area (Å²) in [6.45, 7) is 0. The van der Waals surface area contributed by atoms with Gasteiger partial charge in [0.25, 0.3) is 0 Å². The van der Waals surface area contributed by atoms with Gasteiger partial charge in [-0.05, 0) is 30.9 Å². The number of carbonyl (C=O) groups is 2. The zero-order valence-electron chi connectivity index (χ0n) is 10.8. The van der Waals surface area contributed by atoms with Gasteiger partial charge in [-0.15, -0.1) is 11.8 Å². The molecular formula is C13H15FN2O2S. The second kappa shape index (κ2) is 5.61. The van der Waals surface area contributed by atoms with Gasteiger partial charge in [0.05, 0.1) is 5.69 Å². The SMILES string of the molecule is CSc1ccc(F)c(N(C)C2CCC(=O)NC2=O)c1. The van der Waals surface area contributed by atoms with E-state index in [9.17, 15) is 14.0 Å². The van der Waals surface area contributed by atoms with E-state index in [-0.39, 0.29) is 24.1 Å². The first-order valence-electron chi connectivity index (χ1n) is 5.93. The van der Waals surface area contributed by atoms with E-state index >= 15 is 0 Å². The van der Waals surface area contributed by atoms with E-state index in [4.69, 9.17) is 0 Å². The van der Waals surface area contributed by atoms with Crippen LogP contribution in [0.1, 0.15) is 12.8 Å². The molecule has 0 saturated carbocycles. The first kappa shape index (κ1) is 13.9. The summed E-state index contributed by atoms with van der Waals surface area (Å²) in [6, 6.07) is 4.29. The van der Waals surface area contributed by atoms with Crippen molar-refractivity contribution in [3.63, 3.8) is 0 Å². The van der Waals surface area contributed by atoms with Gasteiger partial charge >= 0.3 is 0 Å². The number of amides is 2. The van der Waals surface area contributed by atoms with Crippen molar-refractivity contribution in [2.45, 2.75) is 23.8 Å². The highest BCUT2D eigenvalue weighted by molar-refractivity contribution is 7.98. The molecule has 1 aromatic carbocycles. The highest BCUT2D eigenvalue weighted by Gasteiger charge is 2.31. The third kappa shape index (κ3) is 2.89. The number of halogens is 1. The van der Waals surface area contributed by atoms with Gasteiger partial charge in [0.15, 0.2) is 0 Å². The van der Waals surface area contributed by atoms with Crippen LogP contribution in [-0.2, 0) is 9.59 Å². The Morgan fingerprint density at radius 3 is 2.79 bits per heavy atom. The fourth-order valence-electron chi connectivity index (χ4n) is 2.11. The van der Waals surface area contributed by atoms with Crippen LogP contribution in [0.5, 0.6) is 0 Å². The molecule has 2 rings (SSSR count). The third-order valence-corrected chi connectivity index (χ3v) is 3.94. The van der Waals surface area contributed by atoms with Crippen LogP contribution in [0.25, 0.3) is 0 Å². The smallest absolute Gasteiger partial charge is 0.249 e. The van der Waals surface area contributed by atoms with Gasteiger partial charge in [0, 0.05) is 18.4 Å². The number of piperidine rings is 1. The maximum absolute atomic E-state index is 13.9. The van der Waals surface area contributed by atoms with Crippen LogP contribution < -0.4 is 10.2 Å². The van der Waals surface area contributed by atoms with E-state index in [1.54, 1.807) is 24.1 Å². The molecule has 1 aromatic rings. The van der Waals surface area contributed by atoms with Crippen molar-refractivity contribution in [3.8, 4) is 0 Å². The molecule has 1 aliphatic rings. The molecule has 0 radical (unpaired) electrons. The molecule has 0 aliphatic carbocycles. The van der Waals surface area contributed by atoms with Gasteiger partial charge in [-0.25, -0.2) is 4.39 Å². The van der Waals surface area contributed by atoms with Crippen LogP contribution in [0.3, 0.4) is 0 Å². The van der Waals surface area contributed by atoms with Crippen molar-refractivity contribution in [1.29, 1.82) is 0 Å². The number of carbonyl (C=O) groups excluding carboxylic acids is 2. The van der Waals surface area contributed by atoms with Gasteiger partial charge in [0.2, 0.25) is 11.8 Å². The highest BCUT2D eigenvalue weighted by Crippen LogP contribution is 2.27. The van der Waals surface area contributed by atoms with E-state index in [1.807, 2.05) is 6.26 Å². The second-order valence-electron chi connectivity index (χ2n) is 4.40. The van der Waals surface area contributed by atoms with E-state index in [0.29, 0.717) is 12.1 Å².